The van der Waals surface area contributed by atoms with Crippen LogP contribution in [-0.4, -0.2) is 18.5 Å². The fraction of sp³-hybridized carbons (Fsp3) is 0.412. The number of likely N-dealkylation sites (N-methyl/N-ethyl adjacent to an activating group) is 1. The molecule has 0 saturated heterocycles. The van der Waals surface area contributed by atoms with Crippen molar-refractivity contribution in [2.24, 2.45) is 5.73 Å². The number of fused-ring (bicyclic) bond motifs is 1. The Labute approximate surface area is 120 Å². The lowest BCUT2D eigenvalue weighted by atomic mass is 9.75. The molecule has 0 saturated carbocycles. The summed E-state index contributed by atoms with van der Waals surface area (Å²) in [6.07, 6.45) is 5.19. The summed E-state index contributed by atoms with van der Waals surface area (Å²) in [5.41, 5.74) is 8.97. The van der Waals surface area contributed by atoms with Crippen LogP contribution in [0.5, 0.6) is 0 Å². The summed E-state index contributed by atoms with van der Waals surface area (Å²) in [5, 5.41) is 0. The lowest BCUT2D eigenvalue weighted by Crippen LogP contribution is -2.50. The maximum Gasteiger partial charge on any atom is 0.117 e. The Kier molecular flexibility index (Phi) is 3.64. The van der Waals surface area contributed by atoms with E-state index in [0.29, 0.717) is 6.54 Å². The van der Waals surface area contributed by atoms with Crippen LogP contribution in [0.25, 0.3) is 0 Å². The second-order valence-electron chi connectivity index (χ2n) is 5.68. The SMILES string of the molecule is CN(Cc1ccco1)C1(CN)CCCc2ccccc21. The Bertz CT molecular complexity index is 564. The van der Waals surface area contributed by atoms with Gasteiger partial charge in [0.2, 0.25) is 0 Å². The van der Waals surface area contributed by atoms with Crippen molar-refractivity contribution in [1.29, 1.82) is 0 Å². The van der Waals surface area contributed by atoms with E-state index in [1.54, 1.807) is 6.26 Å². The third kappa shape index (κ3) is 2.17. The molecule has 0 fully saturated rings. The highest BCUT2D eigenvalue weighted by atomic mass is 16.3. The number of benzene rings is 1. The van der Waals surface area contributed by atoms with Crippen LogP contribution >= 0.6 is 0 Å². The maximum atomic E-state index is 6.21. The summed E-state index contributed by atoms with van der Waals surface area (Å²) < 4.78 is 5.49. The molecule has 0 amide bonds. The molecule has 20 heavy (non-hydrogen) atoms. The summed E-state index contributed by atoms with van der Waals surface area (Å²) in [5.74, 6) is 0.989. The van der Waals surface area contributed by atoms with Crippen molar-refractivity contribution in [2.75, 3.05) is 13.6 Å². The smallest absolute Gasteiger partial charge is 0.117 e. The predicted octanol–water partition coefficient (Wildman–Crippen LogP) is 2.90. The summed E-state index contributed by atoms with van der Waals surface area (Å²) in [7, 11) is 2.15. The number of furan rings is 1. The molecule has 1 aliphatic carbocycles. The van der Waals surface area contributed by atoms with Gasteiger partial charge in [-0.15, -0.1) is 0 Å². The van der Waals surface area contributed by atoms with E-state index in [2.05, 4.69) is 36.2 Å². The first-order valence-electron chi connectivity index (χ1n) is 7.28. The summed E-state index contributed by atoms with van der Waals surface area (Å²) in [6, 6.07) is 12.7. The molecule has 0 bridgehead atoms. The first-order chi connectivity index (χ1) is 9.76. The summed E-state index contributed by atoms with van der Waals surface area (Å²) in [6.45, 7) is 1.43. The van der Waals surface area contributed by atoms with E-state index in [9.17, 15) is 0 Å². The zero-order valence-corrected chi connectivity index (χ0v) is 12.0. The summed E-state index contributed by atoms with van der Waals surface area (Å²) in [4.78, 5) is 2.35. The van der Waals surface area contributed by atoms with Crippen molar-refractivity contribution in [3.05, 3.63) is 59.5 Å². The van der Waals surface area contributed by atoms with Gasteiger partial charge in [-0.05, 0) is 49.6 Å². The number of nitrogens with zero attached hydrogens (tertiary/aromatic N) is 1. The van der Waals surface area contributed by atoms with Crippen molar-refractivity contribution >= 4 is 0 Å². The van der Waals surface area contributed by atoms with Crippen molar-refractivity contribution in [2.45, 2.75) is 31.3 Å². The van der Waals surface area contributed by atoms with Gasteiger partial charge in [0.25, 0.3) is 0 Å². The largest absolute Gasteiger partial charge is 0.468 e. The molecule has 1 unspecified atom stereocenters. The van der Waals surface area contributed by atoms with Gasteiger partial charge >= 0.3 is 0 Å². The zero-order valence-electron chi connectivity index (χ0n) is 12.0. The number of nitrogens with two attached hydrogens (primary N) is 1. The van der Waals surface area contributed by atoms with Crippen molar-refractivity contribution in [3.8, 4) is 0 Å². The van der Waals surface area contributed by atoms with Gasteiger partial charge in [-0.3, -0.25) is 4.90 Å². The van der Waals surface area contributed by atoms with Gasteiger partial charge in [-0.25, -0.2) is 0 Å². The molecule has 0 aliphatic heterocycles. The molecule has 106 valence electrons. The Morgan fingerprint density at radius 1 is 1.25 bits per heavy atom. The van der Waals surface area contributed by atoms with Crippen LogP contribution in [0.3, 0.4) is 0 Å². The molecule has 1 aromatic heterocycles. The summed E-state index contributed by atoms with van der Waals surface area (Å²) >= 11 is 0. The minimum Gasteiger partial charge on any atom is -0.468 e. The first kappa shape index (κ1) is 13.4. The Morgan fingerprint density at radius 3 is 2.85 bits per heavy atom. The van der Waals surface area contributed by atoms with Gasteiger partial charge in [0, 0.05) is 6.54 Å². The molecule has 3 rings (SSSR count). The molecule has 1 heterocycles. The van der Waals surface area contributed by atoms with Crippen molar-refractivity contribution in [1.82, 2.24) is 4.90 Å². The molecule has 1 aromatic carbocycles. The topological polar surface area (TPSA) is 42.4 Å². The number of aryl methyl sites for hydroxylation is 1. The van der Waals surface area contributed by atoms with Gasteiger partial charge in [0.1, 0.15) is 5.76 Å². The van der Waals surface area contributed by atoms with E-state index < -0.39 is 0 Å². The Hall–Kier alpha value is -1.58. The van der Waals surface area contributed by atoms with Gasteiger partial charge in [-0.1, -0.05) is 24.3 Å². The molecule has 1 aliphatic rings. The maximum absolute atomic E-state index is 6.21. The molecule has 3 nitrogen and oxygen atoms in total. The van der Waals surface area contributed by atoms with E-state index in [1.807, 2.05) is 12.1 Å². The lowest BCUT2D eigenvalue weighted by Gasteiger charge is -2.45. The molecule has 0 radical (unpaired) electrons. The van der Waals surface area contributed by atoms with E-state index in [-0.39, 0.29) is 5.54 Å². The van der Waals surface area contributed by atoms with Crippen LogP contribution < -0.4 is 5.73 Å². The van der Waals surface area contributed by atoms with E-state index >= 15 is 0 Å². The molecule has 2 N–H and O–H groups in total. The normalized spacial score (nSPS) is 21.9. The molecule has 3 heteroatoms. The third-order valence-electron chi connectivity index (χ3n) is 4.60. The van der Waals surface area contributed by atoms with Crippen molar-refractivity contribution in [3.63, 3.8) is 0 Å². The average Bonchev–Trinajstić information content (AvgIpc) is 2.99. The number of rotatable bonds is 4. The molecular weight excluding hydrogens is 248 g/mol. The van der Waals surface area contributed by atoms with Crippen LogP contribution in [0.4, 0.5) is 0 Å². The van der Waals surface area contributed by atoms with E-state index in [1.165, 1.54) is 17.5 Å². The fourth-order valence-electron chi connectivity index (χ4n) is 3.45. The predicted molar refractivity (Wildman–Crippen MR) is 80.3 cm³/mol. The standard InChI is InChI=1S/C17H22N2O/c1-19(12-15-8-5-11-20-15)17(13-18)10-4-7-14-6-2-3-9-16(14)17/h2-3,5-6,8-9,11H,4,7,10,12-13,18H2,1H3. The van der Waals surface area contributed by atoms with Crippen LogP contribution in [0.2, 0.25) is 0 Å². The number of hydrogen-bond donors (Lipinski definition) is 1. The molecular formula is C17H22N2O. The van der Waals surface area contributed by atoms with Gasteiger partial charge in [0.15, 0.2) is 0 Å². The second kappa shape index (κ2) is 5.43. The number of hydrogen-bond acceptors (Lipinski definition) is 3. The highest BCUT2D eigenvalue weighted by Gasteiger charge is 2.38. The third-order valence-corrected chi connectivity index (χ3v) is 4.60. The minimum atomic E-state index is -0.0678. The second-order valence-corrected chi connectivity index (χ2v) is 5.68. The molecule has 2 aromatic rings. The van der Waals surface area contributed by atoms with Crippen LogP contribution in [0, 0.1) is 0 Å². The monoisotopic (exact) mass is 270 g/mol. The van der Waals surface area contributed by atoms with Crippen LogP contribution in [0.1, 0.15) is 29.7 Å². The van der Waals surface area contributed by atoms with Crippen LogP contribution in [0.15, 0.2) is 47.1 Å². The van der Waals surface area contributed by atoms with Crippen molar-refractivity contribution < 1.29 is 4.42 Å². The molecule has 0 spiro atoms. The van der Waals surface area contributed by atoms with Gasteiger partial charge in [-0.2, -0.15) is 0 Å². The zero-order chi connectivity index (χ0) is 14.0. The Morgan fingerprint density at radius 2 is 2.10 bits per heavy atom. The van der Waals surface area contributed by atoms with Gasteiger partial charge < -0.3 is 10.2 Å². The quantitative estimate of drug-likeness (QED) is 0.929. The fourth-order valence-corrected chi connectivity index (χ4v) is 3.45. The van der Waals surface area contributed by atoms with Crippen LogP contribution in [-0.2, 0) is 18.5 Å². The lowest BCUT2D eigenvalue weighted by molar-refractivity contribution is 0.0884. The molecule has 1 atom stereocenters. The average molecular weight is 270 g/mol. The highest BCUT2D eigenvalue weighted by molar-refractivity contribution is 5.36. The van der Waals surface area contributed by atoms with E-state index in [4.69, 9.17) is 10.2 Å². The minimum absolute atomic E-state index is 0.0678. The Balaban J connectivity index is 1.95. The van der Waals surface area contributed by atoms with E-state index in [0.717, 1.165) is 25.1 Å². The highest BCUT2D eigenvalue weighted by Crippen LogP contribution is 2.39. The first-order valence-corrected chi connectivity index (χ1v) is 7.28. The van der Waals surface area contributed by atoms with Gasteiger partial charge in [0.05, 0.1) is 18.3 Å².